The van der Waals surface area contributed by atoms with E-state index in [4.69, 9.17) is 11.6 Å². The lowest BCUT2D eigenvalue weighted by molar-refractivity contribution is -0.591. The molecule has 0 amide bonds. The molecule has 1 aromatic carbocycles. The van der Waals surface area contributed by atoms with Gasteiger partial charge >= 0.3 is 5.82 Å². The molecule has 0 unspecified atom stereocenters. The Kier molecular flexibility index (Phi) is 6.79. The van der Waals surface area contributed by atoms with Gasteiger partial charge in [0, 0.05) is 24.8 Å². The molecule has 0 aliphatic rings. The van der Waals surface area contributed by atoms with Gasteiger partial charge in [-0.15, -0.1) is 0 Å². The summed E-state index contributed by atoms with van der Waals surface area (Å²) >= 11 is 5.71. The lowest BCUT2D eigenvalue weighted by Gasteiger charge is -2.20. The zero-order valence-electron chi connectivity index (χ0n) is 12.0. The van der Waals surface area contributed by atoms with Crippen LogP contribution in [-0.4, -0.2) is 13.1 Å². The van der Waals surface area contributed by atoms with Gasteiger partial charge in [-0.25, -0.2) is 4.73 Å². The lowest BCUT2D eigenvalue weighted by Crippen LogP contribution is -2.25. The molecule has 6 heteroatoms. The Bertz CT molecular complexity index is 625. The van der Waals surface area contributed by atoms with Crippen LogP contribution in [0.1, 0.15) is 21.3 Å². The molecule has 0 spiro atoms. The minimum absolute atomic E-state index is 0. The summed E-state index contributed by atoms with van der Waals surface area (Å²) in [5.74, 6) is 0.201. The highest BCUT2D eigenvalue weighted by molar-refractivity contribution is 6.30. The van der Waals surface area contributed by atoms with Crippen molar-refractivity contribution in [3.8, 4) is 0 Å². The molecule has 0 fully saturated rings. The maximum Gasteiger partial charge on any atom is 0.353 e. The van der Waals surface area contributed by atoms with Gasteiger partial charge in [-0.3, -0.25) is 0 Å². The minimum Gasteiger partial charge on any atom is -0.710 e. The third-order valence-electron chi connectivity index (χ3n) is 3.10. The van der Waals surface area contributed by atoms with Gasteiger partial charge < -0.3 is 10.1 Å². The van der Waals surface area contributed by atoms with Crippen molar-refractivity contribution in [3.05, 3.63) is 52.8 Å². The Morgan fingerprint density at radius 3 is 2.23 bits per heavy atom. The fourth-order valence-electron chi connectivity index (χ4n) is 1.95. The summed E-state index contributed by atoms with van der Waals surface area (Å²) in [6.07, 6.45) is 1.25. The molecule has 118 valence electrons. The molecule has 0 atom stereocenters. The topological polar surface area (TPSA) is 54.9 Å². The van der Waals surface area contributed by atoms with Gasteiger partial charge in [0.1, 0.15) is 11.9 Å². The van der Waals surface area contributed by atoms with E-state index < -0.39 is 0 Å². The molecule has 0 radical (unpaired) electrons. The quantitative estimate of drug-likeness (QED) is 0.448. The average molecular weight is 321 g/mol. The number of hydrogen-bond acceptors (Lipinski definition) is 4. The molecule has 5 nitrogen and oxygen atoms in total. The molecule has 1 heterocycles. The van der Waals surface area contributed by atoms with Crippen LogP contribution in [0.3, 0.4) is 0 Å². The molecule has 0 saturated heterocycles. The molecule has 2 aromatic rings. The highest BCUT2D eigenvalue weighted by Gasteiger charge is 2.05. The number of hydrogen-bond donors (Lipinski definition) is 0. The highest BCUT2D eigenvalue weighted by Crippen LogP contribution is 2.21. The second-order valence-electron chi connectivity index (χ2n) is 4.42. The van der Waals surface area contributed by atoms with E-state index in [-0.39, 0.29) is 13.2 Å². The van der Waals surface area contributed by atoms with Crippen LogP contribution in [0.5, 0.6) is 0 Å². The normalized spacial score (nSPS) is 10.5. The molecule has 0 aliphatic heterocycles. The third kappa shape index (κ3) is 4.43. The largest absolute Gasteiger partial charge is 0.710 e. The third-order valence-corrected chi connectivity index (χ3v) is 3.33. The smallest absolute Gasteiger partial charge is 0.353 e. The number of azo groups is 1. The van der Waals surface area contributed by atoms with E-state index in [1.165, 1.54) is 12.3 Å². The minimum atomic E-state index is 0. The molecule has 1 aromatic heterocycles. The molecular formula is C16H21ClN4O. The van der Waals surface area contributed by atoms with Crippen molar-refractivity contribution in [1.82, 2.24) is 0 Å². The van der Waals surface area contributed by atoms with Crippen LogP contribution >= 0.6 is 11.6 Å². The first-order chi connectivity index (χ1) is 10.1. The van der Waals surface area contributed by atoms with Crippen LogP contribution in [0.4, 0.5) is 17.2 Å². The Labute approximate surface area is 136 Å². The summed E-state index contributed by atoms with van der Waals surface area (Å²) in [5, 5.41) is 19.9. The van der Waals surface area contributed by atoms with E-state index in [9.17, 15) is 5.21 Å². The Morgan fingerprint density at radius 2 is 1.68 bits per heavy atom. The Morgan fingerprint density at radius 1 is 1.05 bits per heavy atom. The van der Waals surface area contributed by atoms with Gasteiger partial charge in [-0.05, 0) is 49.3 Å². The van der Waals surface area contributed by atoms with Crippen LogP contribution < -0.4 is 9.63 Å². The number of aromatic nitrogens is 1. The van der Waals surface area contributed by atoms with Crippen LogP contribution in [0.15, 0.2) is 52.8 Å². The van der Waals surface area contributed by atoms with Gasteiger partial charge in [0.25, 0.3) is 0 Å². The van der Waals surface area contributed by atoms with Gasteiger partial charge in [0.15, 0.2) is 0 Å². The summed E-state index contributed by atoms with van der Waals surface area (Å²) in [5.41, 5.74) is 1.84. The van der Waals surface area contributed by atoms with Crippen LogP contribution in [-0.2, 0) is 0 Å². The van der Waals surface area contributed by atoms with Crippen molar-refractivity contribution in [2.45, 2.75) is 21.3 Å². The van der Waals surface area contributed by atoms with Crippen molar-refractivity contribution < 1.29 is 4.73 Å². The molecular weight excluding hydrogens is 300 g/mol. The standard InChI is InChI=1S/C15H17ClN4O.CH4/c1-3-19(4-2)14-8-6-13(7-9-14)17-18-15-10-5-12(16)11-20(15)21;/h5-11H,3-4H2,1-2H3;1H4. The van der Waals surface area contributed by atoms with Gasteiger partial charge in [0.2, 0.25) is 0 Å². The van der Waals surface area contributed by atoms with Gasteiger partial charge in [0.05, 0.1) is 10.1 Å². The van der Waals surface area contributed by atoms with Crippen molar-refractivity contribution in [3.63, 3.8) is 0 Å². The molecule has 0 N–H and O–H groups in total. The second kappa shape index (κ2) is 8.34. The zero-order chi connectivity index (χ0) is 15.2. The van der Waals surface area contributed by atoms with Crippen molar-refractivity contribution in [2.75, 3.05) is 18.0 Å². The van der Waals surface area contributed by atoms with Crippen LogP contribution in [0, 0.1) is 5.21 Å². The predicted octanol–water partition coefficient (Wildman–Crippen LogP) is 4.87. The molecule has 0 aliphatic carbocycles. The van der Waals surface area contributed by atoms with Crippen LogP contribution in [0.25, 0.3) is 0 Å². The van der Waals surface area contributed by atoms with Crippen molar-refractivity contribution in [1.29, 1.82) is 0 Å². The number of anilines is 1. The maximum absolute atomic E-state index is 11.6. The number of halogens is 1. The first kappa shape index (κ1) is 17.9. The van der Waals surface area contributed by atoms with E-state index >= 15 is 0 Å². The van der Waals surface area contributed by atoms with E-state index in [2.05, 4.69) is 29.0 Å². The van der Waals surface area contributed by atoms with E-state index in [1.807, 2.05) is 24.3 Å². The average Bonchev–Trinajstić information content (AvgIpc) is 2.49. The first-order valence-electron chi connectivity index (χ1n) is 6.79. The maximum atomic E-state index is 11.6. The van der Waals surface area contributed by atoms with E-state index in [0.29, 0.717) is 15.4 Å². The summed E-state index contributed by atoms with van der Waals surface area (Å²) in [6.45, 7) is 6.14. The molecule has 22 heavy (non-hydrogen) atoms. The fourth-order valence-corrected chi connectivity index (χ4v) is 2.11. The van der Waals surface area contributed by atoms with E-state index in [1.54, 1.807) is 6.07 Å². The lowest BCUT2D eigenvalue weighted by atomic mass is 10.2. The summed E-state index contributed by atoms with van der Waals surface area (Å²) < 4.78 is 0.593. The Balaban J connectivity index is 0.00000242. The number of benzene rings is 1. The zero-order valence-corrected chi connectivity index (χ0v) is 12.8. The van der Waals surface area contributed by atoms with Gasteiger partial charge in [-0.1, -0.05) is 19.0 Å². The predicted molar refractivity (Wildman–Crippen MR) is 91.3 cm³/mol. The molecule has 2 rings (SSSR count). The molecule has 0 bridgehead atoms. The second-order valence-corrected chi connectivity index (χ2v) is 4.86. The SMILES string of the molecule is C.CCN(CC)c1ccc(N=Nc2ccc(Cl)c[n+]2[O-])cc1. The summed E-state index contributed by atoms with van der Waals surface area (Å²) in [7, 11) is 0. The first-order valence-corrected chi connectivity index (χ1v) is 7.17. The van der Waals surface area contributed by atoms with E-state index in [0.717, 1.165) is 18.8 Å². The Hall–Kier alpha value is -2.14. The number of pyridine rings is 1. The number of rotatable bonds is 5. The monoisotopic (exact) mass is 320 g/mol. The molecule has 0 saturated carbocycles. The van der Waals surface area contributed by atoms with Crippen molar-refractivity contribution in [2.24, 2.45) is 10.2 Å². The van der Waals surface area contributed by atoms with Gasteiger partial charge in [-0.2, -0.15) is 0 Å². The van der Waals surface area contributed by atoms with Crippen LogP contribution in [0.2, 0.25) is 5.02 Å². The number of nitrogens with zero attached hydrogens (tertiary/aromatic N) is 4. The highest BCUT2D eigenvalue weighted by atomic mass is 35.5. The summed E-state index contributed by atoms with van der Waals surface area (Å²) in [4.78, 5) is 2.24. The van der Waals surface area contributed by atoms with Crippen molar-refractivity contribution >= 4 is 28.8 Å². The fraction of sp³-hybridized carbons (Fsp3) is 0.312. The summed E-state index contributed by atoms with van der Waals surface area (Å²) in [6, 6.07) is 10.9.